The Morgan fingerprint density at radius 1 is 1.26 bits per heavy atom. The Hall–Kier alpha value is -2.99. The molecular formula is C24H28N4O5S2. The molecule has 0 radical (unpaired) electrons. The number of hydrogen-bond acceptors (Lipinski definition) is 9. The number of hydrazone groups is 1. The lowest BCUT2D eigenvalue weighted by Crippen LogP contribution is -2.48. The number of nitrogens with one attached hydrogen (secondary N) is 1. The van der Waals surface area contributed by atoms with Gasteiger partial charge in [-0.2, -0.15) is 9.41 Å². The first-order chi connectivity index (χ1) is 16.8. The van der Waals surface area contributed by atoms with Crippen LogP contribution in [0.25, 0.3) is 11.3 Å². The van der Waals surface area contributed by atoms with Crippen LogP contribution in [0.1, 0.15) is 26.3 Å². The number of hydrogen-bond donors (Lipinski definition) is 2. The number of aromatic nitrogens is 1. The maximum absolute atomic E-state index is 13.2. The number of rotatable bonds is 8. The summed E-state index contributed by atoms with van der Waals surface area (Å²) < 4.78 is 39.0. The van der Waals surface area contributed by atoms with Crippen LogP contribution < -0.4 is 10.2 Å². The Kier molecular flexibility index (Phi) is 7.70. The highest BCUT2D eigenvalue weighted by Gasteiger charge is 2.32. The summed E-state index contributed by atoms with van der Waals surface area (Å²) in [5.74, 6) is 0.465. The van der Waals surface area contributed by atoms with Gasteiger partial charge in [0.05, 0.1) is 35.6 Å². The van der Waals surface area contributed by atoms with Gasteiger partial charge in [-0.15, -0.1) is 11.3 Å². The second-order valence-electron chi connectivity index (χ2n) is 8.18. The molecule has 2 N–H and O–H groups in total. The van der Waals surface area contributed by atoms with Crippen LogP contribution in [-0.2, 0) is 14.8 Å². The highest BCUT2D eigenvalue weighted by molar-refractivity contribution is 7.89. The van der Waals surface area contributed by atoms with Gasteiger partial charge >= 0.3 is 0 Å². The van der Waals surface area contributed by atoms with E-state index in [1.807, 2.05) is 32.2 Å². The quantitative estimate of drug-likeness (QED) is 0.341. The van der Waals surface area contributed by atoms with Crippen molar-refractivity contribution in [1.29, 1.82) is 0 Å². The fraction of sp³-hybridized carbons (Fsp3) is 0.333. The average molecular weight is 517 g/mol. The lowest BCUT2D eigenvalue weighted by Gasteiger charge is -2.34. The second-order valence-corrected chi connectivity index (χ2v) is 11.0. The van der Waals surface area contributed by atoms with E-state index in [2.05, 4.69) is 15.5 Å². The molecule has 11 heteroatoms. The van der Waals surface area contributed by atoms with Crippen molar-refractivity contribution in [1.82, 2.24) is 9.29 Å². The maximum atomic E-state index is 13.2. The molecule has 0 spiro atoms. The van der Waals surface area contributed by atoms with Gasteiger partial charge in [0.25, 0.3) is 0 Å². The van der Waals surface area contributed by atoms with Crippen LogP contribution in [0.5, 0.6) is 11.5 Å². The van der Waals surface area contributed by atoms with Gasteiger partial charge in [-0.25, -0.2) is 13.4 Å². The predicted octanol–water partition coefficient (Wildman–Crippen LogP) is 4.16. The van der Waals surface area contributed by atoms with E-state index in [4.69, 9.17) is 9.47 Å². The number of sulfonamides is 1. The van der Waals surface area contributed by atoms with Gasteiger partial charge in [0.2, 0.25) is 15.2 Å². The molecule has 2 heterocycles. The second kappa shape index (κ2) is 10.7. The summed E-state index contributed by atoms with van der Waals surface area (Å²) >= 11 is 1.36. The Labute approximate surface area is 209 Å². The number of thiazole rings is 1. The Bertz CT molecular complexity index is 1300. The predicted molar refractivity (Wildman–Crippen MR) is 137 cm³/mol. The first kappa shape index (κ1) is 25.1. The lowest BCUT2D eigenvalue weighted by molar-refractivity contribution is -0.0440. The number of benzene rings is 2. The normalized spacial score (nSPS) is 19.2. The number of aromatic hydroxyl groups is 1. The zero-order valence-corrected chi connectivity index (χ0v) is 21.3. The third-order valence-corrected chi connectivity index (χ3v) is 7.89. The smallest absolute Gasteiger partial charge is 0.243 e. The van der Waals surface area contributed by atoms with Gasteiger partial charge in [-0.05, 0) is 56.7 Å². The number of ether oxygens (including phenoxy) is 2. The van der Waals surface area contributed by atoms with Crippen LogP contribution in [0, 0.1) is 0 Å². The summed E-state index contributed by atoms with van der Waals surface area (Å²) in [5.41, 5.74) is 4.99. The minimum Gasteiger partial charge on any atom is -0.504 e. The number of anilines is 1. The number of morpholine rings is 1. The van der Waals surface area contributed by atoms with Crippen LogP contribution in [0.3, 0.4) is 0 Å². The number of nitrogens with zero attached hydrogens (tertiary/aromatic N) is 3. The van der Waals surface area contributed by atoms with E-state index in [1.165, 1.54) is 15.6 Å². The summed E-state index contributed by atoms with van der Waals surface area (Å²) in [6, 6.07) is 11.8. The van der Waals surface area contributed by atoms with Gasteiger partial charge in [-0.3, -0.25) is 5.43 Å². The van der Waals surface area contributed by atoms with Crippen LogP contribution in [0.2, 0.25) is 0 Å². The maximum Gasteiger partial charge on any atom is 0.243 e. The Morgan fingerprint density at radius 2 is 2.03 bits per heavy atom. The average Bonchev–Trinajstić information content (AvgIpc) is 3.30. The Morgan fingerprint density at radius 3 is 2.77 bits per heavy atom. The first-order valence-corrected chi connectivity index (χ1v) is 13.5. The van der Waals surface area contributed by atoms with Crippen LogP contribution in [0.4, 0.5) is 5.13 Å². The van der Waals surface area contributed by atoms with Crippen molar-refractivity contribution >= 4 is 32.7 Å². The standard InChI is InChI=1S/C24H28N4O5S2/c1-4-32-23-10-18(8-9-22(23)29)12-25-27-24-26-21(15-34-24)19-6-5-7-20(11-19)35(30,31)28-13-16(2)33-17(3)14-28/h5-12,15-17,29H,4,13-14H2,1-3H3,(H,26,27). The zero-order chi connectivity index (χ0) is 25.0. The Balaban J connectivity index is 1.47. The van der Waals surface area contributed by atoms with Crippen molar-refractivity contribution in [2.75, 3.05) is 25.1 Å². The number of phenolic OH excluding ortho intramolecular Hbond substituents is 1. The lowest BCUT2D eigenvalue weighted by atomic mass is 10.2. The molecule has 2 unspecified atom stereocenters. The van der Waals surface area contributed by atoms with Crippen molar-refractivity contribution in [3.8, 4) is 22.8 Å². The SMILES string of the molecule is CCOc1cc(C=NNc2nc(-c3cccc(S(=O)(=O)N4CC(C)OC(C)C4)c3)cs2)ccc1O. The monoisotopic (exact) mass is 516 g/mol. The largest absolute Gasteiger partial charge is 0.504 e. The van der Waals surface area contributed by atoms with Crippen LogP contribution >= 0.6 is 11.3 Å². The van der Waals surface area contributed by atoms with Crippen LogP contribution in [0.15, 0.2) is 57.8 Å². The highest BCUT2D eigenvalue weighted by atomic mass is 32.2. The molecule has 4 rings (SSSR count). The molecular weight excluding hydrogens is 488 g/mol. The molecule has 35 heavy (non-hydrogen) atoms. The van der Waals surface area contributed by atoms with Gasteiger partial charge in [0, 0.05) is 24.0 Å². The van der Waals surface area contributed by atoms with E-state index < -0.39 is 10.0 Å². The van der Waals surface area contributed by atoms with Gasteiger partial charge in [0.1, 0.15) is 0 Å². The summed E-state index contributed by atoms with van der Waals surface area (Å²) in [6.45, 7) is 6.69. The molecule has 0 bridgehead atoms. The summed E-state index contributed by atoms with van der Waals surface area (Å²) in [6.07, 6.45) is 1.29. The van der Waals surface area contributed by atoms with Gasteiger partial charge < -0.3 is 14.6 Å². The molecule has 1 aromatic heterocycles. The zero-order valence-electron chi connectivity index (χ0n) is 19.7. The molecule has 1 saturated heterocycles. The fourth-order valence-corrected chi connectivity index (χ4v) is 6.10. The minimum atomic E-state index is -3.65. The van der Waals surface area contributed by atoms with E-state index in [1.54, 1.807) is 42.6 Å². The third kappa shape index (κ3) is 5.99. The molecule has 0 amide bonds. The third-order valence-electron chi connectivity index (χ3n) is 5.32. The number of phenols is 1. The highest BCUT2D eigenvalue weighted by Crippen LogP contribution is 2.29. The molecule has 3 aromatic rings. The topological polar surface area (TPSA) is 113 Å². The van der Waals surface area contributed by atoms with Crippen LogP contribution in [-0.4, -0.2) is 60.9 Å². The molecule has 2 atom stereocenters. The minimum absolute atomic E-state index is 0.0726. The van der Waals surface area contributed by atoms with Crippen molar-refractivity contribution in [2.45, 2.75) is 37.9 Å². The summed E-state index contributed by atoms with van der Waals surface area (Å²) in [5, 5.41) is 16.4. The van der Waals surface area contributed by atoms with E-state index in [0.29, 0.717) is 41.8 Å². The van der Waals surface area contributed by atoms with E-state index in [9.17, 15) is 13.5 Å². The summed E-state index contributed by atoms with van der Waals surface area (Å²) in [4.78, 5) is 4.76. The van der Waals surface area contributed by atoms with Crippen molar-refractivity contribution in [2.24, 2.45) is 5.10 Å². The van der Waals surface area contributed by atoms with E-state index >= 15 is 0 Å². The van der Waals surface area contributed by atoms with Gasteiger partial charge in [-0.1, -0.05) is 12.1 Å². The van der Waals surface area contributed by atoms with E-state index in [0.717, 1.165) is 5.56 Å². The molecule has 1 aliphatic rings. The van der Waals surface area contributed by atoms with Crippen molar-refractivity contribution < 1.29 is 23.0 Å². The molecule has 2 aromatic carbocycles. The molecule has 9 nitrogen and oxygen atoms in total. The van der Waals surface area contributed by atoms with Gasteiger partial charge in [0.15, 0.2) is 11.5 Å². The fourth-order valence-electron chi connectivity index (χ4n) is 3.79. The first-order valence-electron chi connectivity index (χ1n) is 11.2. The molecule has 186 valence electrons. The molecule has 1 fully saturated rings. The molecule has 0 saturated carbocycles. The molecule has 0 aliphatic carbocycles. The molecule has 1 aliphatic heterocycles. The van der Waals surface area contributed by atoms with Crippen molar-refractivity contribution in [3.63, 3.8) is 0 Å². The van der Waals surface area contributed by atoms with Crippen molar-refractivity contribution in [3.05, 3.63) is 53.4 Å². The van der Waals surface area contributed by atoms with E-state index in [-0.39, 0.29) is 22.9 Å². The summed E-state index contributed by atoms with van der Waals surface area (Å²) in [7, 11) is -3.65.